The van der Waals surface area contributed by atoms with Gasteiger partial charge in [0, 0.05) is 37.6 Å². The van der Waals surface area contributed by atoms with E-state index in [0.717, 1.165) is 44.3 Å². The molecule has 5 nitrogen and oxygen atoms in total. The molecule has 0 aliphatic rings. The van der Waals surface area contributed by atoms with Crippen molar-refractivity contribution in [3.05, 3.63) is 18.2 Å². The lowest BCUT2D eigenvalue weighted by molar-refractivity contribution is 0.500. The SMILES string of the molecule is CCNC(=NCCCCn1ccnc1C)NC(C)(C)C. The first kappa shape index (κ1) is 16.5. The molecule has 2 N–H and O–H groups in total. The number of aromatic nitrogens is 2. The largest absolute Gasteiger partial charge is 0.357 e. The molecule has 0 unspecified atom stereocenters. The van der Waals surface area contributed by atoms with Gasteiger partial charge < -0.3 is 15.2 Å². The van der Waals surface area contributed by atoms with Crippen LogP contribution in [0.25, 0.3) is 0 Å². The third-order valence-electron chi connectivity index (χ3n) is 2.84. The van der Waals surface area contributed by atoms with Gasteiger partial charge in [0.05, 0.1) is 0 Å². The predicted octanol–water partition coefficient (Wildman–Crippen LogP) is 2.33. The van der Waals surface area contributed by atoms with Crippen molar-refractivity contribution >= 4 is 5.96 Å². The Morgan fingerprint density at radius 2 is 2.10 bits per heavy atom. The van der Waals surface area contributed by atoms with E-state index in [-0.39, 0.29) is 5.54 Å². The summed E-state index contributed by atoms with van der Waals surface area (Å²) >= 11 is 0. The van der Waals surface area contributed by atoms with Gasteiger partial charge in [-0.2, -0.15) is 0 Å². The van der Waals surface area contributed by atoms with Gasteiger partial charge in [0.1, 0.15) is 5.82 Å². The Hall–Kier alpha value is -1.52. The lowest BCUT2D eigenvalue weighted by Crippen LogP contribution is -2.47. The monoisotopic (exact) mass is 279 g/mol. The molecule has 0 radical (unpaired) electrons. The summed E-state index contributed by atoms with van der Waals surface area (Å²) in [5.41, 5.74) is 0.0366. The number of nitrogens with zero attached hydrogens (tertiary/aromatic N) is 3. The second-order valence-electron chi connectivity index (χ2n) is 6.01. The van der Waals surface area contributed by atoms with Crippen LogP contribution in [0.15, 0.2) is 17.4 Å². The van der Waals surface area contributed by atoms with E-state index < -0.39 is 0 Å². The number of hydrogen-bond acceptors (Lipinski definition) is 2. The van der Waals surface area contributed by atoms with Crippen LogP contribution in [-0.2, 0) is 6.54 Å². The second-order valence-corrected chi connectivity index (χ2v) is 6.01. The molecular weight excluding hydrogens is 250 g/mol. The molecule has 0 saturated heterocycles. The Morgan fingerprint density at radius 3 is 2.65 bits per heavy atom. The van der Waals surface area contributed by atoms with Crippen molar-refractivity contribution in [3.8, 4) is 0 Å². The lowest BCUT2D eigenvalue weighted by atomic mass is 10.1. The van der Waals surface area contributed by atoms with E-state index in [0.29, 0.717) is 0 Å². The Labute approximate surface area is 122 Å². The van der Waals surface area contributed by atoms with E-state index in [1.807, 2.05) is 19.3 Å². The van der Waals surface area contributed by atoms with Crippen LogP contribution in [0.5, 0.6) is 0 Å². The normalized spacial score (nSPS) is 12.6. The molecule has 0 amide bonds. The van der Waals surface area contributed by atoms with Crippen LogP contribution < -0.4 is 10.6 Å². The molecule has 0 spiro atoms. The van der Waals surface area contributed by atoms with Crippen LogP contribution in [0.4, 0.5) is 0 Å². The smallest absolute Gasteiger partial charge is 0.191 e. The molecule has 0 atom stereocenters. The first-order chi connectivity index (χ1) is 9.42. The average Bonchev–Trinajstić information content (AvgIpc) is 2.73. The maximum Gasteiger partial charge on any atom is 0.191 e. The molecule has 1 rings (SSSR count). The number of unbranched alkanes of at least 4 members (excludes halogenated alkanes) is 1. The van der Waals surface area contributed by atoms with Crippen LogP contribution in [0.3, 0.4) is 0 Å². The minimum absolute atomic E-state index is 0.0366. The molecule has 20 heavy (non-hydrogen) atoms. The van der Waals surface area contributed by atoms with E-state index in [9.17, 15) is 0 Å². The van der Waals surface area contributed by atoms with Crippen LogP contribution in [0, 0.1) is 6.92 Å². The molecule has 0 aliphatic heterocycles. The molecule has 0 bridgehead atoms. The number of hydrogen-bond donors (Lipinski definition) is 2. The number of guanidine groups is 1. The molecule has 114 valence electrons. The fraction of sp³-hybridized carbons (Fsp3) is 0.733. The van der Waals surface area contributed by atoms with Gasteiger partial charge in [-0.05, 0) is 47.5 Å². The lowest BCUT2D eigenvalue weighted by Gasteiger charge is -2.23. The first-order valence-corrected chi connectivity index (χ1v) is 7.46. The number of aliphatic imine (C=N–C) groups is 1. The van der Waals surface area contributed by atoms with Gasteiger partial charge in [-0.3, -0.25) is 4.99 Å². The van der Waals surface area contributed by atoms with E-state index in [1.54, 1.807) is 0 Å². The minimum atomic E-state index is 0.0366. The maximum absolute atomic E-state index is 4.61. The van der Waals surface area contributed by atoms with Gasteiger partial charge in [-0.15, -0.1) is 0 Å². The van der Waals surface area contributed by atoms with E-state index in [1.165, 1.54) is 0 Å². The molecule has 0 fully saturated rings. The molecule has 5 heteroatoms. The second kappa shape index (κ2) is 7.92. The molecular formula is C15H29N5. The summed E-state index contributed by atoms with van der Waals surface area (Å²) in [6, 6.07) is 0. The van der Waals surface area contributed by atoms with Gasteiger partial charge in [-0.1, -0.05) is 0 Å². The summed E-state index contributed by atoms with van der Waals surface area (Å²) in [6.07, 6.45) is 6.09. The third-order valence-corrected chi connectivity index (χ3v) is 2.84. The number of aryl methyl sites for hydroxylation is 2. The highest BCUT2D eigenvalue weighted by molar-refractivity contribution is 5.80. The van der Waals surface area contributed by atoms with Crippen molar-refractivity contribution in [3.63, 3.8) is 0 Å². The summed E-state index contributed by atoms with van der Waals surface area (Å²) in [5, 5.41) is 6.67. The molecule has 1 aromatic heterocycles. The summed E-state index contributed by atoms with van der Waals surface area (Å²) in [5.74, 6) is 1.98. The molecule has 1 heterocycles. The summed E-state index contributed by atoms with van der Waals surface area (Å²) in [4.78, 5) is 8.83. The van der Waals surface area contributed by atoms with Crippen molar-refractivity contribution in [1.82, 2.24) is 20.2 Å². The topological polar surface area (TPSA) is 54.2 Å². The zero-order valence-electron chi connectivity index (χ0n) is 13.5. The van der Waals surface area contributed by atoms with Crippen LogP contribution >= 0.6 is 0 Å². The van der Waals surface area contributed by atoms with Gasteiger partial charge in [0.15, 0.2) is 5.96 Å². The van der Waals surface area contributed by atoms with Crippen LogP contribution in [-0.4, -0.2) is 34.1 Å². The summed E-state index contributed by atoms with van der Waals surface area (Å²) in [6.45, 7) is 13.3. The quantitative estimate of drug-likeness (QED) is 0.477. The van der Waals surface area contributed by atoms with Crippen molar-refractivity contribution < 1.29 is 0 Å². The maximum atomic E-state index is 4.61. The number of nitrogens with one attached hydrogen (secondary N) is 2. The Morgan fingerprint density at radius 1 is 1.35 bits per heavy atom. The molecule has 0 aliphatic carbocycles. The molecule has 0 saturated carbocycles. The van der Waals surface area contributed by atoms with E-state index in [4.69, 9.17) is 0 Å². The van der Waals surface area contributed by atoms with Gasteiger partial charge in [0.2, 0.25) is 0 Å². The molecule has 0 aromatic carbocycles. The average molecular weight is 279 g/mol. The number of rotatable bonds is 6. The van der Waals surface area contributed by atoms with Crippen LogP contribution in [0.2, 0.25) is 0 Å². The zero-order chi connectivity index (χ0) is 15.0. The zero-order valence-corrected chi connectivity index (χ0v) is 13.5. The molecule has 1 aromatic rings. The highest BCUT2D eigenvalue weighted by Crippen LogP contribution is 2.01. The first-order valence-electron chi connectivity index (χ1n) is 7.46. The minimum Gasteiger partial charge on any atom is -0.357 e. The highest BCUT2D eigenvalue weighted by Gasteiger charge is 2.11. The van der Waals surface area contributed by atoms with E-state index in [2.05, 4.69) is 52.9 Å². The van der Waals surface area contributed by atoms with Gasteiger partial charge in [0.25, 0.3) is 0 Å². The van der Waals surface area contributed by atoms with Crippen molar-refractivity contribution in [2.75, 3.05) is 13.1 Å². The number of imidazole rings is 1. The summed E-state index contributed by atoms with van der Waals surface area (Å²) < 4.78 is 2.18. The van der Waals surface area contributed by atoms with Crippen molar-refractivity contribution in [1.29, 1.82) is 0 Å². The standard InChI is InChI=1S/C15H29N5/c1-6-16-14(19-15(3,4)5)18-9-7-8-11-20-12-10-17-13(20)2/h10,12H,6-9,11H2,1-5H3,(H2,16,18,19). The Balaban J connectivity index is 2.31. The summed E-state index contributed by atoms with van der Waals surface area (Å²) in [7, 11) is 0. The fourth-order valence-corrected chi connectivity index (χ4v) is 1.89. The van der Waals surface area contributed by atoms with Crippen molar-refractivity contribution in [2.24, 2.45) is 4.99 Å². The highest BCUT2D eigenvalue weighted by atomic mass is 15.2. The van der Waals surface area contributed by atoms with Gasteiger partial charge in [-0.25, -0.2) is 4.98 Å². The van der Waals surface area contributed by atoms with E-state index >= 15 is 0 Å². The predicted molar refractivity (Wildman–Crippen MR) is 85.1 cm³/mol. The third kappa shape index (κ3) is 6.59. The van der Waals surface area contributed by atoms with Crippen LogP contribution in [0.1, 0.15) is 46.4 Å². The van der Waals surface area contributed by atoms with Gasteiger partial charge >= 0.3 is 0 Å². The fourth-order valence-electron chi connectivity index (χ4n) is 1.89. The Bertz CT molecular complexity index is 414. The van der Waals surface area contributed by atoms with Crippen molar-refractivity contribution in [2.45, 2.75) is 59.5 Å². The Kier molecular flexibility index (Phi) is 6.55.